The molecule has 2 N–H and O–H groups in total. The summed E-state index contributed by atoms with van der Waals surface area (Å²) in [5.41, 5.74) is 1.31. The predicted octanol–water partition coefficient (Wildman–Crippen LogP) is 3.26. The van der Waals surface area contributed by atoms with E-state index < -0.39 is 15.9 Å². The third kappa shape index (κ3) is 5.14. The molecule has 3 heterocycles. The first-order valence-corrected chi connectivity index (χ1v) is 13.2. The summed E-state index contributed by atoms with van der Waals surface area (Å²) < 4.78 is 23.8. The first kappa shape index (κ1) is 23.9. The van der Waals surface area contributed by atoms with Gasteiger partial charge < -0.3 is 10.0 Å². The van der Waals surface area contributed by atoms with Crippen LogP contribution in [-0.4, -0.2) is 66.1 Å². The van der Waals surface area contributed by atoms with Gasteiger partial charge in [-0.3, -0.25) is 10.2 Å². The molecule has 11 heteroatoms. The van der Waals surface area contributed by atoms with E-state index in [1.165, 1.54) is 11.0 Å². The number of carboxylic acid groups (broad SMARTS) is 1. The van der Waals surface area contributed by atoms with Gasteiger partial charge in [-0.2, -0.15) is 5.10 Å². The third-order valence-electron chi connectivity index (χ3n) is 6.85. The minimum atomic E-state index is -3.36. The summed E-state index contributed by atoms with van der Waals surface area (Å²) in [5.74, 6) is 1.03. The van der Waals surface area contributed by atoms with Crippen LogP contribution in [0.4, 0.5) is 21.1 Å². The molecule has 182 valence electrons. The lowest BCUT2D eigenvalue weighted by Gasteiger charge is -2.36. The fraction of sp³-hybridized carbons (Fsp3) is 0.478. The van der Waals surface area contributed by atoms with E-state index >= 15 is 0 Å². The number of sulfone groups is 1. The van der Waals surface area contributed by atoms with Gasteiger partial charge in [-0.15, -0.1) is 5.10 Å². The van der Waals surface area contributed by atoms with Crippen LogP contribution in [0.3, 0.4) is 0 Å². The van der Waals surface area contributed by atoms with Crippen molar-refractivity contribution in [3.8, 4) is 0 Å². The van der Waals surface area contributed by atoms with Gasteiger partial charge in [0.1, 0.15) is 0 Å². The zero-order valence-corrected chi connectivity index (χ0v) is 20.0. The highest BCUT2D eigenvalue weighted by Crippen LogP contribution is 2.38. The molecule has 4 rings (SSSR count). The van der Waals surface area contributed by atoms with E-state index in [9.17, 15) is 23.1 Å². The van der Waals surface area contributed by atoms with Gasteiger partial charge in [-0.25, -0.2) is 18.0 Å². The molecule has 2 unspecified atom stereocenters. The van der Waals surface area contributed by atoms with Gasteiger partial charge in [0.05, 0.1) is 10.6 Å². The van der Waals surface area contributed by atoms with Crippen LogP contribution in [0.5, 0.6) is 0 Å². The SMILES string of the molecule is CC(CC1Cc2cc(S(C)(=O)=O)ccc2N1C(=O)O)C1CCN(C(=O)Nc2cccnn2)CC1. The van der Waals surface area contributed by atoms with Crippen molar-refractivity contribution in [1.82, 2.24) is 15.1 Å². The minimum Gasteiger partial charge on any atom is -0.465 e. The third-order valence-corrected chi connectivity index (χ3v) is 7.96. The lowest BCUT2D eigenvalue weighted by molar-refractivity contribution is 0.156. The number of hydrogen-bond donors (Lipinski definition) is 2. The maximum Gasteiger partial charge on any atom is 0.412 e. The minimum absolute atomic E-state index is 0.198. The number of benzene rings is 1. The first-order valence-electron chi connectivity index (χ1n) is 11.3. The number of piperidine rings is 1. The molecule has 2 aliphatic rings. The molecule has 1 fully saturated rings. The van der Waals surface area contributed by atoms with Crippen LogP contribution in [-0.2, 0) is 16.3 Å². The van der Waals surface area contributed by atoms with E-state index in [-0.39, 0.29) is 22.9 Å². The van der Waals surface area contributed by atoms with Crippen molar-refractivity contribution >= 4 is 33.5 Å². The molecule has 0 radical (unpaired) electrons. The van der Waals surface area contributed by atoms with Gasteiger partial charge >= 0.3 is 12.1 Å². The van der Waals surface area contributed by atoms with Crippen LogP contribution in [0, 0.1) is 11.8 Å². The summed E-state index contributed by atoms with van der Waals surface area (Å²) in [7, 11) is -3.36. The zero-order valence-electron chi connectivity index (χ0n) is 19.2. The molecule has 0 aliphatic carbocycles. The maximum atomic E-state index is 12.5. The second kappa shape index (κ2) is 9.57. The predicted molar refractivity (Wildman–Crippen MR) is 127 cm³/mol. The number of amides is 3. The van der Waals surface area contributed by atoms with Crippen molar-refractivity contribution in [2.24, 2.45) is 11.8 Å². The molecular weight excluding hydrogens is 458 g/mol. The topological polar surface area (TPSA) is 133 Å². The van der Waals surface area contributed by atoms with Crippen molar-refractivity contribution < 1.29 is 23.1 Å². The number of carbonyl (C=O) groups excluding carboxylic acids is 1. The van der Waals surface area contributed by atoms with E-state index in [0.29, 0.717) is 43.4 Å². The standard InChI is InChI=1S/C23H29N5O5S/c1-15(16-7-10-27(11-8-16)22(29)25-21-4-3-9-24-26-21)12-18-13-17-14-19(34(2,32)33)5-6-20(17)28(18)23(30)31/h3-6,9,14-16,18H,7-8,10-13H2,1-2H3,(H,30,31)(H,25,26,29). The number of nitrogens with zero attached hydrogens (tertiary/aromatic N) is 4. The highest BCUT2D eigenvalue weighted by atomic mass is 32.2. The molecule has 2 atom stereocenters. The molecular formula is C23H29N5O5S. The quantitative estimate of drug-likeness (QED) is 0.661. The second-order valence-corrected chi connectivity index (χ2v) is 11.2. The molecule has 2 aromatic rings. The van der Waals surface area contributed by atoms with E-state index in [2.05, 4.69) is 22.4 Å². The number of rotatable bonds is 5. The Morgan fingerprint density at radius 2 is 1.97 bits per heavy atom. The van der Waals surface area contributed by atoms with Crippen LogP contribution >= 0.6 is 0 Å². The van der Waals surface area contributed by atoms with Crippen molar-refractivity contribution in [3.05, 3.63) is 42.1 Å². The van der Waals surface area contributed by atoms with Gasteiger partial charge in [0, 0.05) is 31.6 Å². The molecule has 1 aromatic carbocycles. The Labute approximate surface area is 198 Å². The number of likely N-dealkylation sites (tertiary alicyclic amines) is 1. The summed E-state index contributed by atoms with van der Waals surface area (Å²) >= 11 is 0. The number of carbonyl (C=O) groups is 2. The number of nitrogens with one attached hydrogen (secondary N) is 1. The van der Waals surface area contributed by atoms with Gasteiger partial charge in [0.2, 0.25) is 0 Å². The fourth-order valence-electron chi connectivity index (χ4n) is 5.03. The molecule has 2 aliphatic heterocycles. The summed E-state index contributed by atoms with van der Waals surface area (Å²) in [5, 5.41) is 20.2. The second-order valence-electron chi connectivity index (χ2n) is 9.15. The monoisotopic (exact) mass is 487 g/mol. The molecule has 0 spiro atoms. The Hall–Kier alpha value is -3.21. The van der Waals surface area contributed by atoms with Crippen molar-refractivity contribution in [2.45, 2.75) is 43.5 Å². The van der Waals surface area contributed by atoms with Crippen LogP contribution in [0.15, 0.2) is 41.4 Å². The highest BCUT2D eigenvalue weighted by molar-refractivity contribution is 7.90. The van der Waals surface area contributed by atoms with Crippen molar-refractivity contribution in [3.63, 3.8) is 0 Å². The van der Waals surface area contributed by atoms with E-state index in [0.717, 1.165) is 24.7 Å². The molecule has 10 nitrogen and oxygen atoms in total. The number of fused-ring (bicyclic) bond motifs is 1. The first-order chi connectivity index (χ1) is 16.1. The number of aromatic nitrogens is 2. The lowest BCUT2D eigenvalue weighted by atomic mass is 9.81. The summed E-state index contributed by atoms with van der Waals surface area (Å²) in [6.45, 7) is 3.36. The van der Waals surface area contributed by atoms with Gasteiger partial charge in [0.15, 0.2) is 15.7 Å². The van der Waals surface area contributed by atoms with Gasteiger partial charge in [-0.1, -0.05) is 6.92 Å². The molecule has 34 heavy (non-hydrogen) atoms. The Bertz CT molecular complexity index is 1170. The van der Waals surface area contributed by atoms with Gasteiger partial charge in [0.25, 0.3) is 0 Å². The van der Waals surface area contributed by atoms with Crippen LogP contribution in [0.1, 0.15) is 31.7 Å². The van der Waals surface area contributed by atoms with Crippen LogP contribution in [0.2, 0.25) is 0 Å². The lowest BCUT2D eigenvalue weighted by Crippen LogP contribution is -2.43. The molecule has 3 amide bonds. The number of hydrogen-bond acceptors (Lipinski definition) is 6. The van der Waals surface area contributed by atoms with E-state index in [1.807, 2.05) is 0 Å². The largest absolute Gasteiger partial charge is 0.465 e. The van der Waals surface area contributed by atoms with Crippen LogP contribution in [0.25, 0.3) is 0 Å². The Kier molecular flexibility index (Phi) is 6.74. The average molecular weight is 488 g/mol. The molecule has 1 saturated heterocycles. The smallest absolute Gasteiger partial charge is 0.412 e. The van der Waals surface area contributed by atoms with Gasteiger partial charge in [-0.05, 0) is 73.4 Å². The fourth-order valence-corrected chi connectivity index (χ4v) is 5.70. The summed E-state index contributed by atoms with van der Waals surface area (Å²) in [6.07, 6.45) is 4.50. The van der Waals surface area contributed by atoms with E-state index in [1.54, 1.807) is 35.4 Å². The van der Waals surface area contributed by atoms with Crippen molar-refractivity contribution in [2.75, 3.05) is 29.6 Å². The Morgan fingerprint density at radius 3 is 2.59 bits per heavy atom. The highest BCUT2D eigenvalue weighted by Gasteiger charge is 2.37. The number of anilines is 2. The molecule has 1 aromatic heterocycles. The zero-order chi connectivity index (χ0) is 24.5. The Balaban J connectivity index is 1.36. The average Bonchev–Trinajstić information content (AvgIpc) is 3.16. The molecule has 0 bridgehead atoms. The summed E-state index contributed by atoms with van der Waals surface area (Å²) in [4.78, 5) is 27.9. The normalized spacial score (nSPS) is 19.5. The number of urea groups is 1. The van der Waals surface area contributed by atoms with E-state index in [4.69, 9.17) is 0 Å². The molecule has 0 saturated carbocycles. The Morgan fingerprint density at radius 1 is 1.24 bits per heavy atom. The maximum absolute atomic E-state index is 12.5. The van der Waals surface area contributed by atoms with Crippen molar-refractivity contribution in [1.29, 1.82) is 0 Å². The van der Waals surface area contributed by atoms with Crippen LogP contribution < -0.4 is 10.2 Å². The summed E-state index contributed by atoms with van der Waals surface area (Å²) in [6, 6.07) is 7.62.